The molecular formula is C19H21NO4. The molecule has 5 heteroatoms. The zero-order chi connectivity index (χ0) is 17.4. The molecule has 126 valence electrons. The van der Waals surface area contributed by atoms with E-state index in [0.29, 0.717) is 11.4 Å². The Hall–Kier alpha value is -2.82. The van der Waals surface area contributed by atoms with Gasteiger partial charge in [0.25, 0.3) is 5.91 Å². The van der Waals surface area contributed by atoms with E-state index in [1.54, 1.807) is 18.2 Å². The molecule has 0 unspecified atom stereocenters. The fourth-order valence-corrected chi connectivity index (χ4v) is 2.05. The standard InChI is InChI=1S/C19H21NO4/c1-3-15-8-10-16(11-9-15)23-13-19(22)24-12-18(21)20-17-7-5-4-6-14(17)2/h4-11H,3,12-13H2,1-2H3,(H,20,21). The average molecular weight is 327 g/mol. The van der Waals surface area contributed by atoms with E-state index in [1.807, 2.05) is 37.3 Å². The fraction of sp³-hybridized carbons (Fsp3) is 0.263. The smallest absolute Gasteiger partial charge is 0.344 e. The van der Waals surface area contributed by atoms with Crippen LogP contribution in [0.2, 0.25) is 0 Å². The predicted octanol–water partition coefficient (Wildman–Crippen LogP) is 3.12. The Morgan fingerprint density at radius 1 is 1.00 bits per heavy atom. The molecule has 0 spiro atoms. The minimum atomic E-state index is -0.588. The Labute approximate surface area is 141 Å². The molecule has 1 N–H and O–H groups in total. The molecule has 0 aromatic heterocycles. The zero-order valence-electron chi connectivity index (χ0n) is 13.9. The van der Waals surface area contributed by atoms with Gasteiger partial charge in [-0.3, -0.25) is 4.79 Å². The van der Waals surface area contributed by atoms with Crippen molar-refractivity contribution in [2.45, 2.75) is 20.3 Å². The van der Waals surface area contributed by atoms with E-state index in [-0.39, 0.29) is 19.1 Å². The van der Waals surface area contributed by atoms with E-state index in [9.17, 15) is 9.59 Å². The molecule has 0 aliphatic rings. The average Bonchev–Trinajstić information content (AvgIpc) is 2.60. The van der Waals surface area contributed by atoms with Crippen LogP contribution in [0.25, 0.3) is 0 Å². The number of carbonyl (C=O) groups excluding carboxylic acids is 2. The Morgan fingerprint density at radius 3 is 2.38 bits per heavy atom. The summed E-state index contributed by atoms with van der Waals surface area (Å²) in [5.74, 6) is -0.382. The van der Waals surface area contributed by atoms with Crippen molar-refractivity contribution >= 4 is 17.6 Å². The first kappa shape index (κ1) is 17.5. The second-order valence-corrected chi connectivity index (χ2v) is 5.31. The van der Waals surface area contributed by atoms with Crippen LogP contribution in [0.3, 0.4) is 0 Å². The summed E-state index contributed by atoms with van der Waals surface area (Å²) in [6.07, 6.45) is 0.943. The molecule has 2 aromatic carbocycles. The number of nitrogens with one attached hydrogen (secondary N) is 1. The third-order valence-electron chi connectivity index (χ3n) is 3.47. The summed E-state index contributed by atoms with van der Waals surface area (Å²) < 4.78 is 10.2. The number of benzene rings is 2. The van der Waals surface area contributed by atoms with Crippen molar-refractivity contribution in [2.75, 3.05) is 18.5 Å². The van der Waals surface area contributed by atoms with Gasteiger partial charge in [0.15, 0.2) is 13.2 Å². The zero-order valence-corrected chi connectivity index (χ0v) is 13.9. The van der Waals surface area contributed by atoms with Crippen LogP contribution in [-0.2, 0) is 20.7 Å². The van der Waals surface area contributed by atoms with Crippen LogP contribution < -0.4 is 10.1 Å². The van der Waals surface area contributed by atoms with Gasteiger partial charge in [-0.1, -0.05) is 37.3 Å². The lowest BCUT2D eigenvalue weighted by molar-refractivity contribution is -0.149. The lowest BCUT2D eigenvalue weighted by atomic mass is 10.2. The molecule has 0 heterocycles. The molecule has 0 bridgehead atoms. The molecule has 0 aliphatic carbocycles. The van der Waals surface area contributed by atoms with Crippen LogP contribution in [0.1, 0.15) is 18.1 Å². The van der Waals surface area contributed by atoms with Gasteiger partial charge in [0.1, 0.15) is 5.75 Å². The number of esters is 1. The Balaban J connectivity index is 1.72. The minimum absolute atomic E-state index is 0.233. The van der Waals surface area contributed by atoms with Crippen LogP contribution >= 0.6 is 0 Å². The molecule has 0 fully saturated rings. The molecule has 0 aliphatic heterocycles. The first-order chi connectivity index (χ1) is 11.6. The summed E-state index contributed by atoms with van der Waals surface area (Å²) in [6, 6.07) is 14.9. The number of hydrogen-bond donors (Lipinski definition) is 1. The number of rotatable bonds is 7. The van der Waals surface area contributed by atoms with Crippen molar-refractivity contribution in [3.05, 3.63) is 59.7 Å². The molecule has 0 saturated carbocycles. The van der Waals surface area contributed by atoms with Gasteiger partial charge in [0, 0.05) is 5.69 Å². The third-order valence-corrected chi connectivity index (χ3v) is 3.47. The molecule has 5 nitrogen and oxygen atoms in total. The van der Waals surface area contributed by atoms with E-state index < -0.39 is 5.97 Å². The second-order valence-electron chi connectivity index (χ2n) is 5.31. The number of amides is 1. The Kier molecular flexibility index (Phi) is 6.37. The van der Waals surface area contributed by atoms with Crippen LogP contribution in [0, 0.1) is 6.92 Å². The van der Waals surface area contributed by atoms with E-state index in [2.05, 4.69) is 12.2 Å². The quantitative estimate of drug-likeness (QED) is 0.794. The summed E-state index contributed by atoms with van der Waals surface area (Å²) in [5, 5.41) is 2.70. The first-order valence-electron chi connectivity index (χ1n) is 7.81. The van der Waals surface area contributed by atoms with Gasteiger partial charge < -0.3 is 14.8 Å². The highest BCUT2D eigenvalue weighted by Gasteiger charge is 2.09. The van der Waals surface area contributed by atoms with E-state index >= 15 is 0 Å². The maximum Gasteiger partial charge on any atom is 0.344 e. The van der Waals surface area contributed by atoms with Crippen molar-refractivity contribution in [1.29, 1.82) is 0 Å². The van der Waals surface area contributed by atoms with Crippen molar-refractivity contribution in [2.24, 2.45) is 0 Å². The molecule has 1 amide bonds. The van der Waals surface area contributed by atoms with Crippen LogP contribution in [-0.4, -0.2) is 25.1 Å². The van der Waals surface area contributed by atoms with Crippen molar-refractivity contribution in [3.8, 4) is 5.75 Å². The van der Waals surface area contributed by atoms with E-state index in [0.717, 1.165) is 12.0 Å². The maximum atomic E-state index is 11.8. The first-order valence-corrected chi connectivity index (χ1v) is 7.81. The van der Waals surface area contributed by atoms with Crippen molar-refractivity contribution in [3.63, 3.8) is 0 Å². The van der Waals surface area contributed by atoms with Crippen molar-refractivity contribution < 1.29 is 19.1 Å². The molecule has 2 aromatic rings. The van der Waals surface area contributed by atoms with Crippen LogP contribution in [0.4, 0.5) is 5.69 Å². The number of carbonyl (C=O) groups is 2. The number of ether oxygens (including phenoxy) is 2. The Bertz CT molecular complexity index is 695. The SMILES string of the molecule is CCc1ccc(OCC(=O)OCC(=O)Nc2ccccc2C)cc1. The molecule has 0 atom stereocenters. The number of hydrogen-bond acceptors (Lipinski definition) is 4. The predicted molar refractivity (Wildman–Crippen MR) is 92.1 cm³/mol. The largest absolute Gasteiger partial charge is 0.482 e. The minimum Gasteiger partial charge on any atom is -0.482 e. The van der Waals surface area contributed by atoms with E-state index in [1.165, 1.54) is 5.56 Å². The van der Waals surface area contributed by atoms with Gasteiger partial charge in [0.05, 0.1) is 0 Å². The Morgan fingerprint density at radius 2 is 1.71 bits per heavy atom. The summed E-state index contributed by atoms with van der Waals surface area (Å²) in [6.45, 7) is 3.38. The highest BCUT2D eigenvalue weighted by molar-refractivity contribution is 5.93. The van der Waals surface area contributed by atoms with Crippen LogP contribution in [0.15, 0.2) is 48.5 Å². The molecule has 0 radical (unpaired) electrons. The van der Waals surface area contributed by atoms with Gasteiger partial charge in [-0.15, -0.1) is 0 Å². The molecule has 0 saturated heterocycles. The summed E-state index contributed by atoms with van der Waals surface area (Å²) in [5.41, 5.74) is 2.83. The second kappa shape index (κ2) is 8.72. The van der Waals surface area contributed by atoms with Gasteiger partial charge in [-0.25, -0.2) is 4.79 Å². The topological polar surface area (TPSA) is 64.6 Å². The maximum absolute atomic E-state index is 11.8. The molecule has 2 rings (SSSR count). The van der Waals surface area contributed by atoms with Gasteiger partial charge in [0.2, 0.25) is 0 Å². The number of anilines is 1. The lowest BCUT2D eigenvalue weighted by Crippen LogP contribution is -2.23. The van der Waals surface area contributed by atoms with E-state index in [4.69, 9.17) is 9.47 Å². The van der Waals surface area contributed by atoms with Crippen LogP contribution in [0.5, 0.6) is 5.75 Å². The van der Waals surface area contributed by atoms with Gasteiger partial charge >= 0.3 is 5.97 Å². The fourth-order valence-electron chi connectivity index (χ4n) is 2.05. The molecular weight excluding hydrogens is 306 g/mol. The molecule has 24 heavy (non-hydrogen) atoms. The van der Waals surface area contributed by atoms with Gasteiger partial charge in [-0.2, -0.15) is 0 Å². The number of aryl methyl sites for hydroxylation is 2. The highest BCUT2D eigenvalue weighted by Crippen LogP contribution is 2.13. The lowest BCUT2D eigenvalue weighted by Gasteiger charge is -2.09. The number of para-hydroxylation sites is 1. The summed E-state index contributed by atoms with van der Waals surface area (Å²) >= 11 is 0. The third kappa shape index (κ3) is 5.43. The summed E-state index contributed by atoms with van der Waals surface area (Å²) in [4.78, 5) is 23.4. The normalized spacial score (nSPS) is 10.1. The highest BCUT2D eigenvalue weighted by atomic mass is 16.6. The van der Waals surface area contributed by atoms with Gasteiger partial charge in [-0.05, 0) is 42.7 Å². The monoisotopic (exact) mass is 327 g/mol. The van der Waals surface area contributed by atoms with Crippen molar-refractivity contribution in [1.82, 2.24) is 0 Å². The summed E-state index contributed by atoms with van der Waals surface area (Å²) in [7, 11) is 0.